The molecule has 0 bridgehead atoms. The Balaban J connectivity index is 2.95. The summed E-state index contributed by atoms with van der Waals surface area (Å²) in [5.41, 5.74) is 0. The van der Waals surface area contributed by atoms with Crippen LogP contribution in [0.1, 0.15) is 26.2 Å². The van der Waals surface area contributed by atoms with Gasteiger partial charge in [0.2, 0.25) is 0 Å². The number of thioether (sulfide) groups is 1. The summed E-state index contributed by atoms with van der Waals surface area (Å²) in [6.45, 7) is 4.21. The molecule has 0 spiro atoms. The van der Waals surface area contributed by atoms with E-state index in [4.69, 9.17) is 4.74 Å². The van der Waals surface area contributed by atoms with Crippen LogP contribution in [0.25, 0.3) is 0 Å². The van der Waals surface area contributed by atoms with Crippen molar-refractivity contribution in [1.82, 2.24) is 5.32 Å². The van der Waals surface area contributed by atoms with E-state index in [1.807, 2.05) is 0 Å². The van der Waals surface area contributed by atoms with E-state index in [2.05, 4.69) is 12.2 Å². The zero-order valence-electron chi connectivity index (χ0n) is 8.47. The molecule has 0 heterocycles. The maximum absolute atomic E-state index is 10.7. The lowest BCUT2D eigenvalue weighted by atomic mass is 10.3. The second kappa shape index (κ2) is 9.86. The van der Waals surface area contributed by atoms with Crippen LogP contribution in [0.4, 0.5) is 4.79 Å². The molecule has 0 aromatic carbocycles. The quantitative estimate of drug-likeness (QED) is 0.648. The number of ether oxygens (including phenoxy) is 1. The highest BCUT2D eigenvalue weighted by atomic mass is 32.2. The third kappa shape index (κ3) is 9.70. The number of unbranched alkanes of at least 4 members (excludes halogenated alkanes) is 2. The summed E-state index contributed by atoms with van der Waals surface area (Å²) in [6.07, 6.45) is 5.31. The van der Waals surface area contributed by atoms with Gasteiger partial charge in [-0.2, -0.15) is 0 Å². The molecule has 0 aliphatic heterocycles. The lowest BCUT2D eigenvalue weighted by Gasteiger charge is -2.04. The average molecular weight is 205 g/mol. The molecule has 0 rings (SSSR count). The van der Waals surface area contributed by atoms with Crippen molar-refractivity contribution in [2.24, 2.45) is 0 Å². The van der Waals surface area contributed by atoms with Gasteiger partial charge in [-0.15, -0.1) is 0 Å². The van der Waals surface area contributed by atoms with Gasteiger partial charge in [0.25, 0.3) is 5.24 Å². The lowest BCUT2D eigenvalue weighted by Crippen LogP contribution is -2.23. The first kappa shape index (κ1) is 12.8. The Labute approximate surface area is 84.6 Å². The predicted octanol–water partition coefficient (Wildman–Crippen LogP) is 2.27. The highest BCUT2D eigenvalue weighted by Gasteiger charge is 1.95. The molecule has 3 nitrogen and oxygen atoms in total. The number of rotatable bonds is 7. The molecule has 0 aromatic heterocycles. The van der Waals surface area contributed by atoms with E-state index < -0.39 is 0 Å². The van der Waals surface area contributed by atoms with Crippen LogP contribution in [-0.4, -0.2) is 31.3 Å². The Morgan fingerprint density at radius 3 is 2.77 bits per heavy atom. The number of nitrogens with one attached hydrogen (secondary N) is 1. The summed E-state index contributed by atoms with van der Waals surface area (Å²) in [7, 11) is 0. The molecule has 13 heavy (non-hydrogen) atoms. The maximum atomic E-state index is 10.7. The van der Waals surface area contributed by atoms with Crippen LogP contribution in [0.5, 0.6) is 0 Å². The van der Waals surface area contributed by atoms with Crippen molar-refractivity contribution in [3.63, 3.8) is 0 Å². The Kier molecular flexibility index (Phi) is 9.70. The highest BCUT2D eigenvalue weighted by molar-refractivity contribution is 8.12. The normalized spacial score (nSPS) is 10.0. The summed E-state index contributed by atoms with van der Waals surface area (Å²) in [6, 6.07) is 0. The Morgan fingerprint density at radius 1 is 1.38 bits per heavy atom. The molecule has 0 aliphatic rings. The van der Waals surface area contributed by atoms with Crippen molar-refractivity contribution in [1.29, 1.82) is 0 Å². The number of carbonyl (C=O) groups is 1. The van der Waals surface area contributed by atoms with Crippen LogP contribution in [0.3, 0.4) is 0 Å². The summed E-state index contributed by atoms with van der Waals surface area (Å²) in [4.78, 5) is 10.7. The van der Waals surface area contributed by atoms with Gasteiger partial charge in [0, 0.05) is 13.2 Å². The smallest absolute Gasteiger partial charge is 0.278 e. The first-order valence-electron chi connectivity index (χ1n) is 4.70. The van der Waals surface area contributed by atoms with Gasteiger partial charge in [0.1, 0.15) is 0 Å². The van der Waals surface area contributed by atoms with E-state index in [1.54, 1.807) is 6.26 Å². The molecule has 0 unspecified atom stereocenters. The summed E-state index contributed by atoms with van der Waals surface area (Å²) in [5.74, 6) is 0. The molecule has 0 atom stereocenters. The standard InChI is InChI=1S/C9H19NO2S/c1-3-4-5-7-12-8-6-10-9(11)13-2/h3-8H2,1-2H3,(H,10,11). The van der Waals surface area contributed by atoms with Crippen molar-refractivity contribution >= 4 is 17.0 Å². The molecule has 0 radical (unpaired) electrons. The van der Waals surface area contributed by atoms with Crippen LogP contribution in [0.2, 0.25) is 0 Å². The molecule has 1 amide bonds. The van der Waals surface area contributed by atoms with E-state index in [1.165, 1.54) is 24.6 Å². The molecular formula is C9H19NO2S. The second-order valence-corrected chi connectivity index (χ2v) is 3.52. The van der Waals surface area contributed by atoms with Crippen molar-refractivity contribution < 1.29 is 9.53 Å². The van der Waals surface area contributed by atoms with E-state index in [0.717, 1.165) is 13.0 Å². The molecule has 0 saturated carbocycles. The van der Waals surface area contributed by atoms with Gasteiger partial charge in [-0.1, -0.05) is 31.5 Å². The van der Waals surface area contributed by atoms with E-state index >= 15 is 0 Å². The van der Waals surface area contributed by atoms with Gasteiger partial charge < -0.3 is 10.1 Å². The zero-order chi connectivity index (χ0) is 9.94. The molecular weight excluding hydrogens is 186 g/mol. The van der Waals surface area contributed by atoms with E-state index in [0.29, 0.717) is 13.2 Å². The maximum Gasteiger partial charge on any atom is 0.278 e. The molecule has 0 aromatic rings. The summed E-state index contributed by atoms with van der Waals surface area (Å²) in [5, 5.41) is 2.73. The third-order valence-electron chi connectivity index (χ3n) is 1.59. The molecule has 4 heteroatoms. The van der Waals surface area contributed by atoms with Gasteiger partial charge in [-0.3, -0.25) is 4.79 Å². The van der Waals surface area contributed by atoms with Crippen molar-refractivity contribution in [3.05, 3.63) is 0 Å². The summed E-state index contributed by atoms with van der Waals surface area (Å²) < 4.78 is 5.31. The number of carbonyl (C=O) groups excluding carboxylic acids is 1. The van der Waals surface area contributed by atoms with E-state index in [-0.39, 0.29) is 5.24 Å². The van der Waals surface area contributed by atoms with Gasteiger partial charge >= 0.3 is 0 Å². The molecule has 0 saturated heterocycles. The molecule has 0 fully saturated rings. The minimum Gasteiger partial charge on any atom is -0.380 e. The van der Waals surface area contributed by atoms with Crippen LogP contribution < -0.4 is 5.32 Å². The fraction of sp³-hybridized carbons (Fsp3) is 0.889. The van der Waals surface area contributed by atoms with Crippen LogP contribution in [-0.2, 0) is 4.74 Å². The lowest BCUT2D eigenvalue weighted by molar-refractivity contribution is 0.133. The van der Waals surface area contributed by atoms with Gasteiger partial charge in [-0.05, 0) is 12.7 Å². The molecule has 0 aliphatic carbocycles. The highest BCUT2D eigenvalue weighted by Crippen LogP contribution is 1.94. The SMILES string of the molecule is CCCCCOCCNC(=O)SC. The summed E-state index contributed by atoms with van der Waals surface area (Å²) >= 11 is 1.19. The topological polar surface area (TPSA) is 38.3 Å². The van der Waals surface area contributed by atoms with Gasteiger partial charge in [0.05, 0.1) is 6.61 Å². The largest absolute Gasteiger partial charge is 0.380 e. The van der Waals surface area contributed by atoms with E-state index in [9.17, 15) is 4.79 Å². The Hall–Kier alpha value is -0.220. The van der Waals surface area contributed by atoms with Gasteiger partial charge in [-0.25, -0.2) is 0 Å². The number of hydrogen-bond donors (Lipinski definition) is 1. The zero-order valence-corrected chi connectivity index (χ0v) is 9.28. The van der Waals surface area contributed by atoms with Crippen molar-refractivity contribution in [2.75, 3.05) is 26.0 Å². The first-order valence-corrected chi connectivity index (χ1v) is 5.93. The number of hydrogen-bond acceptors (Lipinski definition) is 3. The third-order valence-corrected chi connectivity index (χ3v) is 2.11. The second-order valence-electron chi connectivity index (χ2n) is 2.74. The number of amides is 1. The first-order chi connectivity index (χ1) is 6.31. The van der Waals surface area contributed by atoms with Crippen LogP contribution in [0, 0.1) is 0 Å². The molecule has 1 N–H and O–H groups in total. The average Bonchev–Trinajstić information content (AvgIpc) is 2.16. The van der Waals surface area contributed by atoms with Crippen LogP contribution in [0.15, 0.2) is 0 Å². The monoisotopic (exact) mass is 205 g/mol. The fourth-order valence-corrected chi connectivity index (χ4v) is 1.10. The van der Waals surface area contributed by atoms with Gasteiger partial charge in [0.15, 0.2) is 0 Å². The molecule has 78 valence electrons. The van der Waals surface area contributed by atoms with Crippen LogP contribution >= 0.6 is 11.8 Å². The Bertz CT molecular complexity index is 131. The minimum absolute atomic E-state index is 0.0113. The minimum atomic E-state index is 0.0113. The fourth-order valence-electron chi connectivity index (χ4n) is 0.854. The van der Waals surface area contributed by atoms with Crippen molar-refractivity contribution in [3.8, 4) is 0 Å². The Morgan fingerprint density at radius 2 is 2.15 bits per heavy atom. The predicted molar refractivity (Wildman–Crippen MR) is 57.3 cm³/mol. The van der Waals surface area contributed by atoms with Crippen molar-refractivity contribution in [2.45, 2.75) is 26.2 Å².